The van der Waals surface area contributed by atoms with E-state index >= 15 is 0 Å². The number of aromatic hydroxyl groups is 1. The van der Waals surface area contributed by atoms with Crippen molar-refractivity contribution in [3.05, 3.63) is 94.6 Å². The van der Waals surface area contributed by atoms with Crippen molar-refractivity contribution in [1.82, 2.24) is 19.5 Å². The van der Waals surface area contributed by atoms with Gasteiger partial charge in [0.2, 0.25) is 15.7 Å². The van der Waals surface area contributed by atoms with E-state index in [9.17, 15) is 18.3 Å². The highest BCUT2D eigenvalue weighted by Crippen LogP contribution is 2.30. The van der Waals surface area contributed by atoms with Crippen molar-refractivity contribution in [2.75, 3.05) is 0 Å². The Balaban J connectivity index is 1.84. The Bertz CT molecular complexity index is 1530. The van der Waals surface area contributed by atoms with Crippen molar-refractivity contribution in [1.29, 1.82) is 0 Å². The summed E-state index contributed by atoms with van der Waals surface area (Å²) in [6.45, 7) is 5.73. The third-order valence-corrected chi connectivity index (χ3v) is 8.10. The molecule has 2 heterocycles. The Morgan fingerprint density at radius 3 is 2.19 bits per heavy atom. The van der Waals surface area contributed by atoms with Gasteiger partial charge in [-0.2, -0.15) is 4.98 Å². The van der Waals surface area contributed by atoms with Crippen molar-refractivity contribution >= 4 is 9.84 Å². The molecule has 0 amide bonds. The number of hydrogen-bond donors (Lipinski definition) is 1. The summed E-state index contributed by atoms with van der Waals surface area (Å²) < 4.78 is 28.7. The molecule has 0 radical (unpaired) electrons. The van der Waals surface area contributed by atoms with Crippen molar-refractivity contribution in [3.8, 4) is 17.0 Å². The van der Waals surface area contributed by atoms with Crippen LogP contribution in [-0.2, 0) is 16.3 Å². The van der Waals surface area contributed by atoms with Crippen molar-refractivity contribution < 1.29 is 13.5 Å². The molecule has 1 N–H and O–H groups in total. The second kappa shape index (κ2) is 11.0. The maximum absolute atomic E-state index is 13.9. The Hall–Kier alpha value is -3.85. The summed E-state index contributed by atoms with van der Waals surface area (Å²) in [6, 6.07) is 15.1. The van der Waals surface area contributed by atoms with Gasteiger partial charge in [0, 0.05) is 24.4 Å². The molecular formula is C28H30N4O4S. The van der Waals surface area contributed by atoms with E-state index in [1.807, 2.05) is 44.2 Å². The molecule has 9 heteroatoms. The largest absolute Gasteiger partial charge is 0.492 e. The van der Waals surface area contributed by atoms with Crippen LogP contribution in [0.15, 0.2) is 81.6 Å². The predicted octanol–water partition coefficient (Wildman–Crippen LogP) is 4.89. The molecule has 2 aromatic carbocycles. The van der Waals surface area contributed by atoms with Gasteiger partial charge in [-0.1, -0.05) is 62.7 Å². The zero-order chi connectivity index (χ0) is 26.6. The fourth-order valence-corrected chi connectivity index (χ4v) is 5.69. The molecule has 1 unspecified atom stereocenters. The average molecular weight is 519 g/mol. The summed E-state index contributed by atoms with van der Waals surface area (Å²) in [5, 5.41) is 10.8. The van der Waals surface area contributed by atoms with Crippen LogP contribution in [0.1, 0.15) is 56.4 Å². The molecule has 4 aromatic rings. The molecule has 192 valence electrons. The van der Waals surface area contributed by atoms with Gasteiger partial charge in [-0.05, 0) is 43.0 Å². The van der Waals surface area contributed by atoms with Crippen molar-refractivity contribution in [2.24, 2.45) is 0 Å². The molecule has 4 rings (SSSR count). The maximum atomic E-state index is 13.9. The first-order chi connectivity index (χ1) is 17.8. The first-order valence-corrected chi connectivity index (χ1v) is 13.8. The Kier molecular flexibility index (Phi) is 7.83. The van der Waals surface area contributed by atoms with Gasteiger partial charge in [-0.3, -0.25) is 9.36 Å². The molecule has 8 nitrogen and oxygen atoms in total. The minimum Gasteiger partial charge on any atom is -0.492 e. The third-order valence-electron chi connectivity index (χ3n) is 6.31. The summed E-state index contributed by atoms with van der Waals surface area (Å²) in [4.78, 5) is 25.6. The van der Waals surface area contributed by atoms with E-state index in [1.165, 1.54) is 16.7 Å². The standard InChI is InChI=1S/C28H30N4O4S/c1-4-6-12-25-31-27(33)26(28(34)32(25)24(5-2)21-10-8-7-9-11-21)37(35,36)23-15-13-20(14-16-23)22-17-29-19(3)30-18-22/h7-11,13-18,24,33H,4-6,12H2,1-3H3. The summed E-state index contributed by atoms with van der Waals surface area (Å²) in [7, 11) is -4.37. The SMILES string of the molecule is CCCCc1nc(O)c(S(=O)(=O)c2ccc(-c3cnc(C)nc3)cc2)c(=O)n1C(CC)c1ccccc1. The second-order valence-corrected chi connectivity index (χ2v) is 10.7. The molecule has 1 atom stereocenters. The molecule has 0 fully saturated rings. The highest BCUT2D eigenvalue weighted by molar-refractivity contribution is 7.91. The highest BCUT2D eigenvalue weighted by atomic mass is 32.2. The Morgan fingerprint density at radius 1 is 0.946 bits per heavy atom. The average Bonchev–Trinajstić information content (AvgIpc) is 2.90. The molecule has 0 aliphatic carbocycles. The number of unbranched alkanes of at least 4 members (excludes halogenated alkanes) is 1. The lowest BCUT2D eigenvalue weighted by Crippen LogP contribution is -2.33. The molecule has 37 heavy (non-hydrogen) atoms. The zero-order valence-corrected chi connectivity index (χ0v) is 21.9. The van der Waals surface area contributed by atoms with Crippen LogP contribution in [0.3, 0.4) is 0 Å². The van der Waals surface area contributed by atoms with Gasteiger partial charge in [0.15, 0.2) is 4.90 Å². The zero-order valence-electron chi connectivity index (χ0n) is 21.1. The van der Waals surface area contributed by atoms with Crippen LogP contribution in [0.2, 0.25) is 0 Å². The highest BCUT2D eigenvalue weighted by Gasteiger charge is 2.31. The molecular weight excluding hydrogens is 488 g/mol. The lowest BCUT2D eigenvalue weighted by Gasteiger charge is -2.23. The van der Waals surface area contributed by atoms with Crippen LogP contribution in [0.4, 0.5) is 0 Å². The molecule has 2 aromatic heterocycles. The van der Waals surface area contributed by atoms with E-state index < -0.39 is 32.2 Å². The lowest BCUT2D eigenvalue weighted by molar-refractivity contribution is 0.406. The fourth-order valence-electron chi connectivity index (χ4n) is 4.35. The molecule has 0 aliphatic heterocycles. The van der Waals surface area contributed by atoms with Crippen LogP contribution < -0.4 is 5.56 Å². The fraction of sp³-hybridized carbons (Fsp3) is 0.286. The van der Waals surface area contributed by atoms with Gasteiger partial charge in [-0.15, -0.1) is 0 Å². The van der Waals surface area contributed by atoms with Crippen LogP contribution in [0.5, 0.6) is 5.88 Å². The monoisotopic (exact) mass is 518 g/mol. The van der Waals surface area contributed by atoms with Gasteiger partial charge >= 0.3 is 0 Å². The lowest BCUT2D eigenvalue weighted by atomic mass is 10.0. The number of aromatic nitrogens is 4. The van der Waals surface area contributed by atoms with E-state index in [2.05, 4.69) is 15.0 Å². The number of hydrogen-bond acceptors (Lipinski definition) is 7. The maximum Gasteiger partial charge on any atom is 0.277 e. The topological polar surface area (TPSA) is 115 Å². The van der Waals surface area contributed by atoms with Crippen LogP contribution in [0, 0.1) is 6.92 Å². The summed E-state index contributed by atoms with van der Waals surface area (Å²) >= 11 is 0. The van der Waals surface area contributed by atoms with Crippen LogP contribution >= 0.6 is 0 Å². The Morgan fingerprint density at radius 2 is 1.59 bits per heavy atom. The van der Waals surface area contributed by atoms with E-state index in [0.717, 1.165) is 29.5 Å². The number of aryl methyl sites for hydroxylation is 2. The van der Waals surface area contributed by atoms with Gasteiger partial charge in [0.25, 0.3) is 5.56 Å². The van der Waals surface area contributed by atoms with Crippen molar-refractivity contribution in [2.45, 2.75) is 62.3 Å². The Labute approximate surface area is 216 Å². The van der Waals surface area contributed by atoms with E-state index in [1.54, 1.807) is 31.5 Å². The molecule has 0 bridgehead atoms. The normalized spacial score (nSPS) is 12.4. The van der Waals surface area contributed by atoms with E-state index in [-0.39, 0.29) is 4.90 Å². The summed E-state index contributed by atoms with van der Waals surface area (Å²) in [5.41, 5.74) is 1.55. The number of rotatable bonds is 9. The molecule has 0 aliphatic rings. The summed E-state index contributed by atoms with van der Waals surface area (Å²) in [6.07, 6.45) is 5.90. The quantitative estimate of drug-likeness (QED) is 0.335. The van der Waals surface area contributed by atoms with E-state index in [0.29, 0.717) is 24.5 Å². The molecule has 0 saturated carbocycles. The molecule has 0 saturated heterocycles. The predicted molar refractivity (Wildman–Crippen MR) is 141 cm³/mol. The van der Waals surface area contributed by atoms with Gasteiger partial charge in [0.05, 0.1) is 10.9 Å². The van der Waals surface area contributed by atoms with Gasteiger partial charge in [0.1, 0.15) is 11.6 Å². The minimum absolute atomic E-state index is 0.112. The third kappa shape index (κ3) is 5.32. The minimum atomic E-state index is -4.37. The number of benzene rings is 2. The smallest absolute Gasteiger partial charge is 0.277 e. The molecule has 0 spiro atoms. The number of sulfone groups is 1. The van der Waals surface area contributed by atoms with Crippen molar-refractivity contribution in [3.63, 3.8) is 0 Å². The van der Waals surface area contributed by atoms with E-state index in [4.69, 9.17) is 0 Å². The number of nitrogens with zero attached hydrogens (tertiary/aromatic N) is 4. The first-order valence-electron chi connectivity index (χ1n) is 12.3. The first kappa shape index (κ1) is 26.2. The van der Waals surface area contributed by atoms with Crippen LogP contribution in [0.25, 0.3) is 11.1 Å². The van der Waals surface area contributed by atoms with Gasteiger partial charge in [-0.25, -0.2) is 18.4 Å². The van der Waals surface area contributed by atoms with Gasteiger partial charge < -0.3 is 5.11 Å². The van der Waals surface area contributed by atoms with Crippen LogP contribution in [-0.4, -0.2) is 33.0 Å². The second-order valence-electron chi connectivity index (χ2n) is 8.84. The summed E-state index contributed by atoms with van der Waals surface area (Å²) in [5.74, 6) is 0.227.